The van der Waals surface area contributed by atoms with E-state index in [9.17, 15) is 0 Å². The van der Waals surface area contributed by atoms with Crippen LogP contribution < -0.4 is 20.5 Å². The van der Waals surface area contributed by atoms with Crippen molar-refractivity contribution in [2.24, 2.45) is 5.92 Å². The molecule has 31 heavy (non-hydrogen) atoms. The molecule has 1 saturated carbocycles. The predicted molar refractivity (Wildman–Crippen MR) is 133 cm³/mol. The second-order valence-corrected chi connectivity index (χ2v) is 9.31. The van der Waals surface area contributed by atoms with E-state index in [2.05, 4.69) is 68.9 Å². The molecule has 168 valence electrons. The van der Waals surface area contributed by atoms with Crippen molar-refractivity contribution >= 4 is 12.3 Å². The van der Waals surface area contributed by atoms with Crippen molar-refractivity contribution < 1.29 is 4.74 Å². The van der Waals surface area contributed by atoms with Crippen LogP contribution in [0.4, 0.5) is 0 Å². The highest BCUT2D eigenvalue weighted by molar-refractivity contribution is 5.67. The van der Waals surface area contributed by atoms with Crippen molar-refractivity contribution in [3.8, 4) is 5.75 Å². The highest BCUT2D eigenvalue weighted by Gasteiger charge is 2.22. The van der Waals surface area contributed by atoms with Gasteiger partial charge in [0.2, 0.25) is 0 Å². The molecule has 1 fully saturated rings. The molecule has 0 saturated heterocycles. The van der Waals surface area contributed by atoms with E-state index in [4.69, 9.17) is 4.74 Å². The Kier molecular flexibility index (Phi) is 8.20. The molecule has 0 amide bonds. The normalized spacial score (nSPS) is 15.7. The second kappa shape index (κ2) is 10.9. The third kappa shape index (κ3) is 6.61. The van der Waals surface area contributed by atoms with E-state index in [0.29, 0.717) is 6.04 Å². The Bertz CT molecular complexity index is 977. The molecule has 0 bridgehead atoms. The van der Waals surface area contributed by atoms with Gasteiger partial charge < -0.3 is 15.0 Å². The minimum atomic E-state index is 0.427. The zero-order valence-electron chi connectivity index (χ0n) is 20.1. The van der Waals surface area contributed by atoms with Crippen LogP contribution in [0.5, 0.6) is 5.75 Å². The molecule has 1 aliphatic carbocycles. The first-order chi connectivity index (χ1) is 14.9. The van der Waals surface area contributed by atoms with E-state index >= 15 is 0 Å². The van der Waals surface area contributed by atoms with Gasteiger partial charge in [-0.15, -0.1) is 0 Å². The first kappa shape index (κ1) is 23.4. The van der Waals surface area contributed by atoms with Gasteiger partial charge in [0.15, 0.2) is 0 Å². The maximum absolute atomic E-state index is 5.53. The third-order valence-corrected chi connectivity index (χ3v) is 6.44. The lowest BCUT2D eigenvalue weighted by atomic mass is 9.99. The van der Waals surface area contributed by atoms with Crippen LogP contribution in [0.25, 0.3) is 12.3 Å². The number of methoxy groups -OCH3 is 1. The monoisotopic (exact) mass is 420 g/mol. The van der Waals surface area contributed by atoms with Crippen LogP contribution >= 0.6 is 0 Å². The van der Waals surface area contributed by atoms with Gasteiger partial charge in [-0.3, -0.25) is 0 Å². The third-order valence-electron chi connectivity index (χ3n) is 6.44. The van der Waals surface area contributed by atoms with Crippen molar-refractivity contribution in [3.63, 3.8) is 0 Å². The van der Waals surface area contributed by atoms with Crippen LogP contribution in [0.2, 0.25) is 0 Å². The largest absolute Gasteiger partial charge is 0.497 e. The number of hydrogen-bond donors (Lipinski definition) is 1. The summed E-state index contributed by atoms with van der Waals surface area (Å²) in [6.07, 6.45) is 6.31. The Morgan fingerprint density at radius 1 is 1.19 bits per heavy atom. The lowest BCUT2D eigenvalue weighted by Gasteiger charge is -2.24. The number of ether oxygens (including phenoxy) is 1. The molecular formula is C28H40N2O. The summed E-state index contributed by atoms with van der Waals surface area (Å²) in [7, 11) is 3.99. The Balaban J connectivity index is 1.87. The summed E-state index contributed by atoms with van der Waals surface area (Å²) in [6.45, 7) is 13.4. The molecule has 2 aromatic rings. The molecule has 0 spiro atoms. The second-order valence-electron chi connectivity index (χ2n) is 9.31. The van der Waals surface area contributed by atoms with E-state index in [-0.39, 0.29) is 0 Å². The Labute approximate surface area is 188 Å². The fraction of sp³-hybridized carbons (Fsp3) is 0.500. The van der Waals surface area contributed by atoms with Crippen molar-refractivity contribution in [2.75, 3.05) is 27.2 Å². The van der Waals surface area contributed by atoms with Crippen LogP contribution in [0.3, 0.4) is 0 Å². The van der Waals surface area contributed by atoms with E-state index in [1.165, 1.54) is 54.7 Å². The number of hydrogen-bond acceptors (Lipinski definition) is 3. The van der Waals surface area contributed by atoms with Gasteiger partial charge in [0.25, 0.3) is 0 Å². The maximum atomic E-state index is 5.53. The zero-order valence-corrected chi connectivity index (χ0v) is 20.1. The number of nitrogens with one attached hydrogen (secondary N) is 1. The van der Waals surface area contributed by atoms with Crippen molar-refractivity contribution in [1.29, 1.82) is 0 Å². The minimum Gasteiger partial charge on any atom is -0.497 e. The number of aryl methyl sites for hydroxylation is 2. The minimum absolute atomic E-state index is 0.427. The van der Waals surface area contributed by atoms with E-state index in [1.807, 2.05) is 12.1 Å². The summed E-state index contributed by atoms with van der Waals surface area (Å²) < 4.78 is 5.53. The summed E-state index contributed by atoms with van der Waals surface area (Å²) in [6, 6.07) is 13.3. The maximum Gasteiger partial charge on any atom is 0.119 e. The molecule has 3 nitrogen and oxygen atoms in total. The lowest BCUT2D eigenvalue weighted by Crippen LogP contribution is -2.37. The van der Waals surface area contributed by atoms with Gasteiger partial charge in [0.1, 0.15) is 5.75 Å². The Morgan fingerprint density at radius 3 is 2.61 bits per heavy atom. The molecule has 3 rings (SSSR count). The van der Waals surface area contributed by atoms with Gasteiger partial charge >= 0.3 is 0 Å². The Morgan fingerprint density at radius 2 is 1.97 bits per heavy atom. The predicted octanol–water partition coefficient (Wildman–Crippen LogP) is 4.37. The van der Waals surface area contributed by atoms with E-state index in [0.717, 1.165) is 34.9 Å². The van der Waals surface area contributed by atoms with Crippen LogP contribution in [-0.4, -0.2) is 38.2 Å². The van der Waals surface area contributed by atoms with Crippen molar-refractivity contribution in [3.05, 3.63) is 63.5 Å². The van der Waals surface area contributed by atoms with Gasteiger partial charge in [0, 0.05) is 29.1 Å². The summed E-state index contributed by atoms with van der Waals surface area (Å²) in [5.41, 5.74) is 4.98. The molecule has 0 radical (unpaired) electrons. The standard InChI is InChI=1S/C28H40N2O/c1-7-24(9-8-16-30(5)19-23-12-13-23)29-28(26-15-10-20(2)17-22(26)4)27-18-25(31-6)14-11-21(27)3/h10-11,14-15,17-18,23-24,29H,3,7-9,12-13,16,19H2,1-2,4-6H3/b28-27+. The van der Waals surface area contributed by atoms with E-state index < -0.39 is 0 Å². The fourth-order valence-electron chi connectivity index (χ4n) is 4.33. The highest BCUT2D eigenvalue weighted by atomic mass is 16.5. The quantitative estimate of drug-likeness (QED) is 0.584. The highest BCUT2D eigenvalue weighted by Crippen LogP contribution is 2.29. The Hall–Kier alpha value is -2.26. The fourth-order valence-corrected chi connectivity index (χ4v) is 4.33. The number of nitrogens with zero attached hydrogens (tertiary/aromatic N) is 1. The van der Waals surface area contributed by atoms with Gasteiger partial charge in [0.05, 0.1) is 7.11 Å². The number of rotatable bonds is 11. The van der Waals surface area contributed by atoms with Crippen LogP contribution in [0.1, 0.15) is 55.7 Å². The van der Waals surface area contributed by atoms with Crippen LogP contribution in [0, 0.1) is 19.8 Å². The first-order valence-corrected chi connectivity index (χ1v) is 11.8. The topological polar surface area (TPSA) is 24.5 Å². The summed E-state index contributed by atoms with van der Waals surface area (Å²) in [4.78, 5) is 2.51. The van der Waals surface area contributed by atoms with Crippen LogP contribution in [0.15, 0.2) is 36.4 Å². The summed E-state index contributed by atoms with van der Waals surface area (Å²) in [5.74, 6) is 1.82. The average Bonchev–Trinajstić information content (AvgIpc) is 3.55. The van der Waals surface area contributed by atoms with Gasteiger partial charge in [-0.2, -0.15) is 0 Å². The molecule has 0 aromatic heterocycles. The average molecular weight is 421 g/mol. The summed E-state index contributed by atoms with van der Waals surface area (Å²) in [5, 5.41) is 6.06. The molecule has 1 N–H and O–H groups in total. The molecule has 2 aromatic carbocycles. The molecule has 3 heteroatoms. The molecule has 0 aliphatic heterocycles. The van der Waals surface area contributed by atoms with Gasteiger partial charge in [-0.05, 0) is 88.4 Å². The van der Waals surface area contributed by atoms with Crippen LogP contribution in [-0.2, 0) is 0 Å². The molecule has 1 unspecified atom stereocenters. The zero-order chi connectivity index (χ0) is 22.4. The van der Waals surface area contributed by atoms with Crippen molar-refractivity contribution in [2.45, 2.75) is 58.9 Å². The van der Waals surface area contributed by atoms with Gasteiger partial charge in [-0.1, -0.05) is 43.3 Å². The van der Waals surface area contributed by atoms with Crippen molar-refractivity contribution in [1.82, 2.24) is 10.2 Å². The SMILES string of the molecule is C=c1ccc(OC)c/c1=C(\NC(CC)CCCN(C)CC1CC1)c1ccc(C)cc1C. The smallest absolute Gasteiger partial charge is 0.119 e. The summed E-state index contributed by atoms with van der Waals surface area (Å²) >= 11 is 0. The molecule has 0 heterocycles. The number of benzene rings is 2. The van der Waals surface area contributed by atoms with E-state index in [1.54, 1.807) is 7.11 Å². The first-order valence-electron chi connectivity index (χ1n) is 11.8. The van der Waals surface area contributed by atoms with Gasteiger partial charge in [-0.25, -0.2) is 0 Å². The molecule has 1 atom stereocenters. The lowest BCUT2D eigenvalue weighted by molar-refractivity contribution is 0.306. The molecular weight excluding hydrogens is 380 g/mol. The molecule has 1 aliphatic rings.